The standard InChI is InChI=1S/C22H28FN3O3S/c1-16-14-26(15-17-7-5-4-6-8-17)12-11-20(16)25(3)22(27)18-9-10-19(23)21(13-18)30(28,29)24-2/h4-10,13,16,20,24H,11-12,14-15H2,1-3H3. The van der Waals surface area contributed by atoms with Crippen LogP contribution in [0, 0.1) is 11.7 Å². The Kier molecular flexibility index (Phi) is 6.90. The highest BCUT2D eigenvalue weighted by atomic mass is 32.2. The van der Waals surface area contributed by atoms with Crippen molar-refractivity contribution in [1.82, 2.24) is 14.5 Å². The average Bonchev–Trinajstić information content (AvgIpc) is 2.74. The topological polar surface area (TPSA) is 69.7 Å². The van der Waals surface area contributed by atoms with E-state index in [2.05, 4.69) is 28.7 Å². The number of halogens is 1. The van der Waals surface area contributed by atoms with E-state index in [1.54, 1.807) is 11.9 Å². The van der Waals surface area contributed by atoms with Crippen LogP contribution in [0.15, 0.2) is 53.4 Å². The van der Waals surface area contributed by atoms with E-state index in [0.29, 0.717) is 0 Å². The molecule has 2 atom stereocenters. The molecule has 1 heterocycles. The zero-order valence-corrected chi connectivity index (χ0v) is 18.3. The molecule has 1 N–H and O–H groups in total. The van der Waals surface area contributed by atoms with E-state index < -0.39 is 20.7 Å². The van der Waals surface area contributed by atoms with Gasteiger partial charge in [-0.3, -0.25) is 9.69 Å². The maximum Gasteiger partial charge on any atom is 0.253 e. The number of hydrogen-bond acceptors (Lipinski definition) is 4. The van der Waals surface area contributed by atoms with Crippen molar-refractivity contribution in [2.45, 2.75) is 30.8 Å². The van der Waals surface area contributed by atoms with Gasteiger partial charge in [-0.05, 0) is 43.1 Å². The molecule has 1 saturated heterocycles. The van der Waals surface area contributed by atoms with E-state index in [0.717, 1.165) is 38.2 Å². The number of benzene rings is 2. The first kappa shape index (κ1) is 22.4. The highest BCUT2D eigenvalue weighted by Gasteiger charge is 2.32. The Hall–Kier alpha value is -2.29. The van der Waals surface area contributed by atoms with Gasteiger partial charge in [-0.2, -0.15) is 0 Å². The predicted octanol–water partition coefficient (Wildman–Crippen LogP) is 2.72. The van der Waals surface area contributed by atoms with E-state index in [1.807, 2.05) is 18.2 Å². The van der Waals surface area contributed by atoms with Gasteiger partial charge in [0.15, 0.2) is 0 Å². The van der Waals surface area contributed by atoms with Crippen LogP contribution in [0.3, 0.4) is 0 Å². The second kappa shape index (κ2) is 9.24. The minimum absolute atomic E-state index is 0.0268. The van der Waals surface area contributed by atoms with Crippen LogP contribution in [0.25, 0.3) is 0 Å². The first-order chi connectivity index (χ1) is 14.2. The third-order valence-electron chi connectivity index (χ3n) is 5.75. The lowest BCUT2D eigenvalue weighted by atomic mass is 9.92. The summed E-state index contributed by atoms with van der Waals surface area (Å²) in [4.78, 5) is 16.5. The van der Waals surface area contributed by atoms with E-state index in [4.69, 9.17) is 0 Å². The maximum absolute atomic E-state index is 14.0. The summed E-state index contributed by atoms with van der Waals surface area (Å²) in [6, 6.07) is 13.8. The molecule has 0 aliphatic carbocycles. The van der Waals surface area contributed by atoms with Crippen molar-refractivity contribution in [3.8, 4) is 0 Å². The molecule has 2 unspecified atom stereocenters. The first-order valence-electron chi connectivity index (χ1n) is 9.99. The van der Waals surface area contributed by atoms with Crippen LogP contribution in [0.1, 0.15) is 29.3 Å². The number of nitrogens with zero attached hydrogens (tertiary/aromatic N) is 2. The van der Waals surface area contributed by atoms with Gasteiger partial charge in [0.2, 0.25) is 10.0 Å². The Balaban J connectivity index is 1.70. The van der Waals surface area contributed by atoms with Gasteiger partial charge < -0.3 is 4.90 Å². The molecule has 2 aromatic rings. The highest BCUT2D eigenvalue weighted by Crippen LogP contribution is 2.25. The summed E-state index contributed by atoms with van der Waals surface area (Å²) in [5.74, 6) is -0.945. The normalized spacial score (nSPS) is 20.1. The van der Waals surface area contributed by atoms with Crippen LogP contribution in [-0.2, 0) is 16.6 Å². The summed E-state index contributed by atoms with van der Waals surface area (Å²) in [6.07, 6.45) is 0.819. The lowest BCUT2D eigenvalue weighted by molar-refractivity contribution is 0.0498. The molecule has 2 aromatic carbocycles. The number of amides is 1. The van der Waals surface area contributed by atoms with Crippen molar-refractivity contribution in [3.05, 3.63) is 65.5 Å². The molecule has 0 aromatic heterocycles. The van der Waals surface area contributed by atoms with Crippen molar-refractivity contribution in [2.75, 3.05) is 27.2 Å². The van der Waals surface area contributed by atoms with Gasteiger partial charge >= 0.3 is 0 Å². The number of nitrogens with one attached hydrogen (secondary N) is 1. The second-order valence-electron chi connectivity index (χ2n) is 7.82. The van der Waals surface area contributed by atoms with E-state index >= 15 is 0 Å². The molecule has 0 radical (unpaired) electrons. The van der Waals surface area contributed by atoms with Gasteiger partial charge in [0.1, 0.15) is 10.7 Å². The van der Waals surface area contributed by atoms with Crippen molar-refractivity contribution < 1.29 is 17.6 Å². The van der Waals surface area contributed by atoms with Crippen molar-refractivity contribution in [2.24, 2.45) is 5.92 Å². The molecular formula is C22H28FN3O3S. The van der Waals surface area contributed by atoms with Crippen LogP contribution in [0.5, 0.6) is 0 Å². The Bertz CT molecular complexity index is 998. The smallest absolute Gasteiger partial charge is 0.253 e. The number of sulfonamides is 1. The Morgan fingerprint density at radius 2 is 1.93 bits per heavy atom. The monoisotopic (exact) mass is 433 g/mol. The molecular weight excluding hydrogens is 405 g/mol. The van der Waals surface area contributed by atoms with Gasteiger partial charge in [-0.25, -0.2) is 17.5 Å². The quantitative estimate of drug-likeness (QED) is 0.761. The molecule has 0 saturated carbocycles. The first-order valence-corrected chi connectivity index (χ1v) is 11.5. The average molecular weight is 434 g/mol. The summed E-state index contributed by atoms with van der Waals surface area (Å²) >= 11 is 0. The van der Waals surface area contributed by atoms with Gasteiger partial charge in [0.05, 0.1) is 0 Å². The van der Waals surface area contributed by atoms with Crippen molar-refractivity contribution in [1.29, 1.82) is 0 Å². The fourth-order valence-corrected chi connectivity index (χ4v) is 4.91. The van der Waals surface area contributed by atoms with Crippen LogP contribution < -0.4 is 4.72 Å². The largest absolute Gasteiger partial charge is 0.338 e. The summed E-state index contributed by atoms with van der Waals surface area (Å²) in [5.41, 5.74) is 1.42. The summed E-state index contributed by atoms with van der Waals surface area (Å²) < 4.78 is 40.1. The highest BCUT2D eigenvalue weighted by molar-refractivity contribution is 7.89. The third kappa shape index (κ3) is 4.88. The second-order valence-corrected chi connectivity index (χ2v) is 9.68. The molecule has 30 heavy (non-hydrogen) atoms. The molecule has 1 amide bonds. The van der Waals surface area contributed by atoms with Crippen molar-refractivity contribution >= 4 is 15.9 Å². The van der Waals surface area contributed by atoms with Crippen molar-refractivity contribution in [3.63, 3.8) is 0 Å². The minimum Gasteiger partial charge on any atom is -0.338 e. The fourth-order valence-electron chi connectivity index (χ4n) is 4.09. The Morgan fingerprint density at radius 1 is 1.23 bits per heavy atom. The predicted molar refractivity (Wildman–Crippen MR) is 114 cm³/mol. The molecule has 1 fully saturated rings. The lowest BCUT2D eigenvalue weighted by Gasteiger charge is -2.41. The summed E-state index contributed by atoms with van der Waals surface area (Å²) in [7, 11) is -1.05. The Morgan fingerprint density at radius 3 is 2.57 bits per heavy atom. The fraction of sp³-hybridized carbons (Fsp3) is 0.409. The van der Waals surface area contributed by atoms with Gasteiger partial charge in [-0.15, -0.1) is 0 Å². The number of rotatable bonds is 6. The molecule has 0 spiro atoms. The SMILES string of the molecule is CNS(=O)(=O)c1cc(C(=O)N(C)C2CCN(Cc3ccccc3)CC2C)ccc1F. The number of carbonyl (C=O) groups is 1. The van der Waals surface area contributed by atoms with Gasteiger partial charge in [0.25, 0.3) is 5.91 Å². The molecule has 6 nitrogen and oxygen atoms in total. The third-order valence-corrected chi connectivity index (χ3v) is 7.18. The van der Waals surface area contributed by atoms with Gasteiger partial charge in [0, 0.05) is 38.3 Å². The summed E-state index contributed by atoms with van der Waals surface area (Å²) in [6.45, 7) is 4.72. The zero-order chi connectivity index (χ0) is 21.9. The molecule has 162 valence electrons. The molecule has 0 bridgehead atoms. The van der Waals surface area contributed by atoms with Gasteiger partial charge in [-0.1, -0.05) is 37.3 Å². The molecule has 1 aliphatic heterocycles. The molecule has 1 aliphatic rings. The minimum atomic E-state index is -3.99. The van der Waals surface area contributed by atoms with E-state index in [9.17, 15) is 17.6 Å². The molecule has 3 rings (SSSR count). The lowest BCUT2D eigenvalue weighted by Crippen LogP contribution is -2.50. The summed E-state index contributed by atoms with van der Waals surface area (Å²) in [5, 5.41) is 0. The molecule has 8 heteroatoms. The number of likely N-dealkylation sites (tertiary alicyclic amines) is 1. The van der Waals surface area contributed by atoms with Crippen LogP contribution in [-0.4, -0.2) is 57.4 Å². The van der Waals surface area contributed by atoms with Crippen LogP contribution in [0.2, 0.25) is 0 Å². The number of carbonyl (C=O) groups excluding carboxylic acids is 1. The van der Waals surface area contributed by atoms with E-state index in [-0.39, 0.29) is 23.4 Å². The number of piperidine rings is 1. The van der Waals surface area contributed by atoms with E-state index in [1.165, 1.54) is 18.7 Å². The maximum atomic E-state index is 14.0. The van der Waals surface area contributed by atoms with Crippen LogP contribution >= 0.6 is 0 Å². The zero-order valence-electron chi connectivity index (χ0n) is 17.5. The Labute approximate surface area is 177 Å². The number of hydrogen-bond donors (Lipinski definition) is 1. The van der Waals surface area contributed by atoms with Crippen LogP contribution in [0.4, 0.5) is 4.39 Å².